The van der Waals surface area contributed by atoms with E-state index in [0.29, 0.717) is 17.3 Å². The average Bonchev–Trinajstić information content (AvgIpc) is 3.07. The van der Waals surface area contributed by atoms with Crippen molar-refractivity contribution in [1.82, 2.24) is 9.62 Å². The highest BCUT2D eigenvalue weighted by Gasteiger charge is 2.37. The van der Waals surface area contributed by atoms with Gasteiger partial charge in [-0.05, 0) is 52.0 Å². The Morgan fingerprint density at radius 3 is 2.57 bits per heavy atom. The number of rotatable bonds is 7. The Morgan fingerprint density at radius 1 is 1.33 bits per heavy atom. The van der Waals surface area contributed by atoms with E-state index in [1.807, 2.05) is 20.2 Å². The predicted octanol–water partition coefficient (Wildman–Crippen LogP) is 1.40. The van der Waals surface area contributed by atoms with Gasteiger partial charge in [-0.3, -0.25) is 0 Å². The lowest BCUT2D eigenvalue weighted by Gasteiger charge is -2.36. The summed E-state index contributed by atoms with van der Waals surface area (Å²) < 4.78 is 28.0. The summed E-state index contributed by atoms with van der Waals surface area (Å²) in [6.45, 7) is 1.02. The third-order valence-electron chi connectivity index (χ3n) is 4.37. The largest absolute Gasteiger partial charge is 0.330 e. The van der Waals surface area contributed by atoms with Crippen LogP contribution in [0.25, 0.3) is 0 Å². The van der Waals surface area contributed by atoms with Crippen LogP contribution in [0.4, 0.5) is 0 Å². The first-order valence-electron chi connectivity index (χ1n) is 7.35. The highest BCUT2D eigenvalue weighted by atomic mass is 32.2. The first-order chi connectivity index (χ1) is 9.89. The van der Waals surface area contributed by atoms with E-state index in [1.54, 1.807) is 6.07 Å². The van der Waals surface area contributed by atoms with Crippen molar-refractivity contribution in [2.24, 2.45) is 5.73 Å². The maximum Gasteiger partial charge on any atom is 0.250 e. The molecule has 0 amide bonds. The SMILES string of the molecule is CN(C)C1(CNS(=O)(=O)c2ccc(CCN)s2)CCCC1. The Balaban J connectivity index is 2.06. The van der Waals surface area contributed by atoms with E-state index < -0.39 is 10.0 Å². The molecule has 1 fully saturated rings. The van der Waals surface area contributed by atoms with Crippen LogP contribution in [0.5, 0.6) is 0 Å². The molecule has 0 saturated heterocycles. The van der Waals surface area contributed by atoms with E-state index in [2.05, 4.69) is 9.62 Å². The highest BCUT2D eigenvalue weighted by Crippen LogP contribution is 2.33. The minimum atomic E-state index is -3.42. The van der Waals surface area contributed by atoms with Crippen LogP contribution in [0.1, 0.15) is 30.6 Å². The molecule has 1 saturated carbocycles. The molecule has 5 nitrogen and oxygen atoms in total. The molecule has 7 heteroatoms. The van der Waals surface area contributed by atoms with Crippen molar-refractivity contribution in [2.45, 2.75) is 41.9 Å². The van der Waals surface area contributed by atoms with Crippen LogP contribution >= 0.6 is 11.3 Å². The normalized spacial score (nSPS) is 18.5. The first-order valence-corrected chi connectivity index (χ1v) is 9.65. The zero-order chi connectivity index (χ0) is 15.5. The molecule has 2 rings (SSSR count). The standard InChI is InChI=1S/C14H25N3O2S2/c1-17(2)14(8-3-4-9-14)11-16-21(18,19)13-6-5-12(20-13)7-10-15/h5-6,16H,3-4,7-11,15H2,1-2H3. The lowest BCUT2D eigenvalue weighted by molar-refractivity contribution is 0.162. The smallest absolute Gasteiger partial charge is 0.250 e. The third-order valence-corrected chi connectivity index (χ3v) is 7.40. The molecule has 0 atom stereocenters. The number of hydrogen-bond acceptors (Lipinski definition) is 5. The van der Waals surface area contributed by atoms with Gasteiger partial charge in [0.15, 0.2) is 0 Å². The minimum Gasteiger partial charge on any atom is -0.330 e. The predicted molar refractivity (Wildman–Crippen MR) is 87.2 cm³/mol. The summed E-state index contributed by atoms with van der Waals surface area (Å²) in [5, 5.41) is 0. The topological polar surface area (TPSA) is 75.4 Å². The average molecular weight is 332 g/mol. The summed E-state index contributed by atoms with van der Waals surface area (Å²) in [5.41, 5.74) is 5.47. The van der Waals surface area contributed by atoms with E-state index >= 15 is 0 Å². The van der Waals surface area contributed by atoms with Gasteiger partial charge in [0.1, 0.15) is 4.21 Å². The van der Waals surface area contributed by atoms with E-state index in [1.165, 1.54) is 24.2 Å². The molecule has 3 N–H and O–H groups in total. The molecule has 1 heterocycles. The summed E-state index contributed by atoms with van der Waals surface area (Å²) in [4.78, 5) is 3.18. The van der Waals surface area contributed by atoms with Gasteiger partial charge in [0.25, 0.3) is 0 Å². The monoisotopic (exact) mass is 331 g/mol. The van der Waals surface area contributed by atoms with Crippen LogP contribution in [0, 0.1) is 0 Å². The van der Waals surface area contributed by atoms with Crippen LogP contribution in [-0.4, -0.2) is 46.0 Å². The second kappa shape index (κ2) is 6.75. The van der Waals surface area contributed by atoms with Gasteiger partial charge in [0.2, 0.25) is 10.0 Å². The zero-order valence-corrected chi connectivity index (χ0v) is 14.4. The maximum absolute atomic E-state index is 12.4. The first kappa shape index (κ1) is 16.9. The van der Waals surface area contributed by atoms with Crippen molar-refractivity contribution in [3.63, 3.8) is 0 Å². The molecule has 1 aromatic heterocycles. The molecule has 0 unspecified atom stereocenters. The van der Waals surface area contributed by atoms with E-state index in [4.69, 9.17) is 5.73 Å². The van der Waals surface area contributed by atoms with Gasteiger partial charge in [-0.2, -0.15) is 0 Å². The van der Waals surface area contributed by atoms with Gasteiger partial charge >= 0.3 is 0 Å². The molecular weight excluding hydrogens is 306 g/mol. The van der Waals surface area contributed by atoms with Gasteiger partial charge in [-0.1, -0.05) is 12.8 Å². The Labute approximate surface area is 131 Å². The number of hydrogen-bond donors (Lipinski definition) is 2. The van der Waals surface area contributed by atoms with Crippen molar-refractivity contribution in [2.75, 3.05) is 27.2 Å². The fourth-order valence-corrected chi connectivity index (χ4v) is 5.43. The number of nitrogens with two attached hydrogens (primary N) is 1. The molecule has 0 aromatic carbocycles. The van der Waals surface area contributed by atoms with E-state index in [-0.39, 0.29) is 5.54 Å². The quantitative estimate of drug-likeness (QED) is 0.792. The molecular formula is C14H25N3O2S2. The fourth-order valence-electron chi connectivity index (χ4n) is 2.89. The molecule has 0 aliphatic heterocycles. The van der Waals surface area contributed by atoms with Crippen molar-refractivity contribution >= 4 is 21.4 Å². The van der Waals surface area contributed by atoms with Crippen molar-refractivity contribution < 1.29 is 8.42 Å². The second-order valence-electron chi connectivity index (χ2n) is 5.91. The summed E-state index contributed by atoms with van der Waals surface area (Å²) >= 11 is 1.31. The summed E-state index contributed by atoms with van der Waals surface area (Å²) in [6.07, 6.45) is 5.15. The Morgan fingerprint density at radius 2 is 2.00 bits per heavy atom. The summed E-state index contributed by atoms with van der Waals surface area (Å²) in [5.74, 6) is 0. The molecule has 1 aliphatic carbocycles. The number of likely N-dealkylation sites (N-methyl/N-ethyl adjacent to an activating group) is 1. The van der Waals surface area contributed by atoms with Gasteiger partial charge in [-0.25, -0.2) is 13.1 Å². The number of nitrogens with one attached hydrogen (secondary N) is 1. The molecule has 0 bridgehead atoms. The summed E-state index contributed by atoms with van der Waals surface area (Å²) in [7, 11) is 0.648. The maximum atomic E-state index is 12.4. The fraction of sp³-hybridized carbons (Fsp3) is 0.714. The number of thiophene rings is 1. The Hall–Kier alpha value is -0.470. The second-order valence-corrected chi connectivity index (χ2v) is 9.07. The molecule has 0 spiro atoms. The Bertz CT molecular complexity index is 561. The lowest BCUT2D eigenvalue weighted by Crippen LogP contribution is -2.50. The van der Waals surface area contributed by atoms with Gasteiger partial charge in [0, 0.05) is 17.0 Å². The van der Waals surface area contributed by atoms with Crippen LogP contribution in [0.2, 0.25) is 0 Å². The molecule has 1 aliphatic rings. The summed E-state index contributed by atoms with van der Waals surface area (Å²) in [6, 6.07) is 3.53. The van der Waals surface area contributed by atoms with Crippen LogP contribution in [0.3, 0.4) is 0 Å². The Kier molecular flexibility index (Phi) is 5.43. The highest BCUT2D eigenvalue weighted by molar-refractivity contribution is 7.91. The van der Waals surface area contributed by atoms with E-state index in [9.17, 15) is 8.42 Å². The van der Waals surface area contributed by atoms with Crippen LogP contribution < -0.4 is 10.5 Å². The minimum absolute atomic E-state index is 0.0373. The number of nitrogens with zero attached hydrogens (tertiary/aromatic N) is 1. The van der Waals surface area contributed by atoms with Crippen molar-refractivity contribution in [1.29, 1.82) is 0 Å². The molecule has 1 aromatic rings. The third kappa shape index (κ3) is 3.84. The van der Waals surface area contributed by atoms with Crippen molar-refractivity contribution in [3.8, 4) is 0 Å². The van der Waals surface area contributed by atoms with Crippen LogP contribution in [-0.2, 0) is 16.4 Å². The molecule has 120 valence electrons. The van der Waals surface area contributed by atoms with Crippen LogP contribution in [0.15, 0.2) is 16.3 Å². The van der Waals surface area contributed by atoms with Crippen molar-refractivity contribution in [3.05, 3.63) is 17.0 Å². The van der Waals surface area contributed by atoms with E-state index in [0.717, 1.165) is 24.1 Å². The van der Waals surface area contributed by atoms with Gasteiger partial charge < -0.3 is 10.6 Å². The lowest BCUT2D eigenvalue weighted by atomic mass is 9.97. The zero-order valence-electron chi connectivity index (χ0n) is 12.8. The van der Waals surface area contributed by atoms with Gasteiger partial charge in [0.05, 0.1) is 0 Å². The molecule has 21 heavy (non-hydrogen) atoms. The van der Waals surface area contributed by atoms with Gasteiger partial charge in [-0.15, -0.1) is 11.3 Å². The molecule has 0 radical (unpaired) electrons. The number of sulfonamides is 1.